The Morgan fingerprint density at radius 1 is 0.733 bits per heavy atom. The Morgan fingerprint density at radius 2 is 1.13 bits per heavy atom. The molecule has 0 amide bonds. The molecule has 0 fully saturated rings. The van der Waals surface area contributed by atoms with Gasteiger partial charge in [-0.1, -0.05) is 60.7 Å². The van der Waals surface area contributed by atoms with Crippen molar-refractivity contribution in [3.8, 4) is 0 Å². The van der Waals surface area contributed by atoms with Crippen molar-refractivity contribution in [3.63, 3.8) is 0 Å². The highest BCUT2D eigenvalue weighted by Gasteiger charge is 2.12. The van der Waals surface area contributed by atoms with Gasteiger partial charge < -0.3 is 0 Å². The predicted molar refractivity (Wildman–Crippen MR) is 60.0 cm³/mol. The summed E-state index contributed by atoms with van der Waals surface area (Å²) in [7, 11) is 0. The van der Waals surface area contributed by atoms with Gasteiger partial charge in [-0.3, -0.25) is 4.84 Å². The van der Waals surface area contributed by atoms with Crippen LogP contribution >= 0.6 is 0 Å². The van der Waals surface area contributed by atoms with E-state index in [2.05, 4.69) is 0 Å². The maximum absolute atomic E-state index is 5.34. The average Bonchev–Trinajstić information content (AvgIpc) is 2.33. The molecule has 0 unspecified atom stereocenters. The maximum atomic E-state index is 5.34. The lowest BCUT2D eigenvalue weighted by molar-refractivity contribution is 0.0813. The van der Waals surface area contributed by atoms with Gasteiger partial charge in [0.15, 0.2) is 0 Å². The first kappa shape index (κ1) is 9.90. The van der Waals surface area contributed by atoms with Crippen molar-refractivity contribution in [2.45, 2.75) is 6.10 Å². The largest absolute Gasteiger partial charge is 0.292 e. The van der Waals surface area contributed by atoms with Gasteiger partial charge in [-0.05, 0) is 11.1 Å². The fourth-order valence-corrected chi connectivity index (χ4v) is 1.61. The van der Waals surface area contributed by atoms with Crippen LogP contribution in [0.15, 0.2) is 60.7 Å². The second-order valence-corrected chi connectivity index (χ2v) is 3.34. The van der Waals surface area contributed by atoms with E-state index in [0.717, 1.165) is 11.1 Å². The van der Waals surface area contributed by atoms with E-state index in [9.17, 15) is 0 Å². The Kier molecular flexibility index (Phi) is 3.12. The molecule has 2 nitrogen and oxygen atoms in total. The summed E-state index contributed by atoms with van der Waals surface area (Å²) in [5, 5.41) is 0. The standard InChI is InChI=1S/C13H13NO/c14-15-13(11-7-3-1-4-8-11)12-9-5-2-6-10-12/h1-10,13H,14H2. The molecule has 0 spiro atoms. The number of nitrogens with two attached hydrogens (primary N) is 1. The van der Waals surface area contributed by atoms with Gasteiger partial charge in [-0.15, -0.1) is 0 Å². The summed E-state index contributed by atoms with van der Waals surface area (Å²) in [5.41, 5.74) is 2.12. The molecule has 0 aliphatic rings. The lowest BCUT2D eigenvalue weighted by Crippen LogP contribution is -2.10. The molecule has 0 saturated heterocycles. The minimum absolute atomic E-state index is 0.188. The second kappa shape index (κ2) is 4.73. The van der Waals surface area contributed by atoms with E-state index < -0.39 is 0 Å². The van der Waals surface area contributed by atoms with Crippen molar-refractivity contribution in [1.29, 1.82) is 0 Å². The van der Waals surface area contributed by atoms with Crippen LogP contribution in [0, 0.1) is 0 Å². The molecule has 0 atom stereocenters. The third kappa shape index (κ3) is 2.24. The fraction of sp³-hybridized carbons (Fsp3) is 0.0769. The quantitative estimate of drug-likeness (QED) is 0.771. The van der Waals surface area contributed by atoms with Gasteiger partial charge in [0.2, 0.25) is 0 Å². The third-order valence-electron chi connectivity index (χ3n) is 2.34. The number of hydrogen-bond acceptors (Lipinski definition) is 2. The Hall–Kier alpha value is -1.64. The monoisotopic (exact) mass is 199 g/mol. The molecule has 0 heterocycles. The zero-order valence-corrected chi connectivity index (χ0v) is 8.34. The van der Waals surface area contributed by atoms with E-state index in [1.165, 1.54) is 0 Å². The molecule has 2 N–H and O–H groups in total. The lowest BCUT2D eigenvalue weighted by atomic mass is 10.0. The van der Waals surface area contributed by atoms with Crippen molar-refractivity contribution in [3.05, 3.63) is 71.8 Å². The predicted octanol–water partition coefficient (Wildman–Crippen LogP) is 2.67. The summed E-state index contributed by atoms with van der Waals surface area (Å²) in [5.74, 6) is 5.34. The summed E-state index contributed by atoms with van der Waals surface area (Å²) in [6, 6.07) is 19.9. The highest BCUT2D eigenvalue weighted by molar-refractivity contribution is 5.29. The minimum atomic E-state index is -0.188. The van der Waals surface area contributed by atoms with Crippen LogP contribution in [0.2, 0.25) is 0 Å². The zero-order chi connectivity index (χ0) is 10.5. The van der Waals surface area contributed by atoms with Gasteiger partial charge in [0.25, 0.3) is 0 Å². The van der Waals surface area contributed by atoms with E-state index in [4.69, 9.17) is 10.7 Å². The van der Waals surface area contributed by atoms with Crippen LogP contribution in [0.4, 0.5) is 0 Å². The molecule has 2 aromatic rings. The van der Waals surface area contributed by atoms with E-state index in [1.54, 1.807) is 0 Å². The molecule has 2 rings (SSSR count). The molecule has 15 heavy (non-hydrogen) atoms. The Morgan fingerprint density at radius 3 is 1.47 bits per heavy atom. The molecule has 2 aromatic carbocycles. The Bertz CT molecular complexity index is 360. The van der Waals surface area contributed by atoms with E-state index in [0.29, 0.717) is 0 Å². The van der Waals surface area contributed by atoms with Crippen molar-refractivity contribution >= 4 is 0 Å². The highest BCUT2D eigenvalue weighted by atomic mass is 16.6. The van der Waals surface area contributed by atoms with Gasteiger partial charge in [-0.25, -0.2) is 5.90 Å². The number of benzene rings is 2. The van der Waals surface area contributed by atoms with Crippen LogP contribution in [0.3, 0.4) is 0 Å². The van der Waals surface area contributed by atoms with Crippen LogP contribution < -0.4 is 5.90 Å². The highest BCUT2D eigenvalue weighted by Crippen LogP contribution is 2.23. The molecule has 0 saturated carbocycles. The molecule has 0 aromatic heterocycles. The van der Waals surface area contributed by atoms with Crippen LogP contribution in [0.1, 0.15) is 17.2 Å². The molecule has 0 radical (unpaired) electrons. The van der Waals surface area contributed by atoms with E-state index in [-0.39, 0.29) is 6.10 Å². The van der Waals surface area contributed by atoms with E-state index >= 15 is 0 Å². The van der Waals surface area contributed by atoms with Crippen LogP contribution in [-0.2, 0) is 4.84 Å². The van der Waals surface area contributed by atoms with Crippen LogP contribution in [-0.4, -0.2) is 0 Å². The normalized spacial score (nSPS) is 10.5. The van der Waals surface area contributed by atoms with E-state index in [1.807, 2.05) is 60.7 Å². The topological polar surface area (TPSA) is 35.2 Å². The second-order valence-electron chi connectivity index (χ2n) is 3.34. The Labute approximate surface area is 89.3 Å². The first-order valence-corrected chi connectivity index (χ1v) is 4.87. The molecule has 76 valence electrons. The first-order chi connectivity index (χ1) is 7.42. The fourth-order valence-electron chi connectivity index (χ4n) is 1.61. The molecular weight excluding hydrogens is 186 g/mol. The van der Waals surface area contributed by atoms with Gasteiger partial charge in [0.05, 0.1) is 0 Å². The zero-order valence-electron chi connectivity index (χ0n) is 8.34. The smallest absolute Gasteiger partial charge is 0.129 e. The summed E-state index contributed by atoms with van der Waals surface area (Å²) in [6.07, 6.45) is -0.188. The van der Waals surface area contributed by atoms with Gasteiger partial charge in [-0.2, -0.15) is 0 Å². The summed E-state index contributed by atoms with van der Waals surface area (Å²) < 4.78 is 0. The van der Waals surface area contributed by atoms with Crippen molar-refractivity contribution in [2.24, 2.45) is 5.90 Å². The molecular formula is C13H13NO. The average molecular weight is 199 g/mol. The first-order valence-electron chi connectivity index (χ1n) is 4.87. The number of rotatable bonds is 3. The van der Waals surface area contributed by atoms with Gasteiger partial charge in [0.1, 0.15) is 6.10 Å². The van der Waals surface area contributed by atoms with Crippen LogP contribution in [0.25, 0.3) is 0 Å². The third-order valence-corrected chi connectivity index (χ3v) is 2.34. The lowest BCUT2D eigenvalue weighted by Gasteiger charge is -2.14. The van der Waals surface area contributed by atoms with Gasteiger partial charge >= 0.3 is 0 Å². The molecule has 2 heteroatoms. The number of hydrogen-bond donors (Lipinski definition) is 1. The molecule has 0 bridgehead atoms. The maximum Gasteiger partial charge on any atom is 0.129 e. The summed E-state index contributed by atoms with van der Waals surface area (Å²) >= 11 is 0. The molecule has 0 aliphatic carbocycles. The summed E-state index contributed by atoms with van der Waals surface area (Å²) in [6.45, 7) is 0. The van der Waals surface area contributed by atoms with Crippen molar-refractivity contribution in [2.75, 3.05) is 0 Å². The van der Waals surface area contributed by atoms with Crippen molar-refractivity contribution < 1.29 is 4.84 Å². The Balaban J connectivity index is 2.34. The SMILES string of the molecule is NOC(c1ccccc1)c1ccccc1. The minimum Gasteiger partial charge on any atom is -0.292 e. The van der Waals surface area contributed by atoms with Crippen molar-refractivity contribution in [1.82, 2.24) is 0 Å². The summed E-state index contributed by atoms with van der Waals surface area (Å²) in [4.78, 5) is 5.02. The molecule has 0 aliphatic heterocycles. The van der Waals surface area contributed by atoms with Gasteiger partial charge in [0, 0.05) is 0 Å². The van der Waals surface area contributed by atoms with Crippen LogP contribution in [0.5, 0.6) is 0 Å².